The molecule has 8 heteroatoms. The first-order valence-electron chi connectivity index (χ1n) is 9.07. The van der Waals surface area contributed by atoms with Gasteiger partial charge in [-0.05, 0) is 30.2 Å². The van der Waals surface area contributed by atoms with Crippen LogP contribution in [0.2, 0.25) is 0 Å². The Morgan fingerprint density at radius 1 is 1.14 bits per heavy atom. The molecule has 2 N–H and O–H groups in total. The number of nitrogens with zero attached hydrogens (tertiary/aromatic N) is 6. The van der Waals surface area contributed by atoms with Gasteiger partial charge in [-0.1, -0.05) is 12.1 Å². The molecule has 1 atom stereocenters. The average molecular weight is 373 g/mol. The summed E-state index contributed by atoms with van der Waals surface area (Å²) in [6, 6.07) is 9.29. The number of phenolic OH excluding ortho intramolecular Hbond substituents is 1. The molecule has 4 heterocycles. The molecule has 0 fully saturated rings. The maximum Gasteiger partial charge on any atom is 0.158 e. The van der Waals surface area contributed by atoms with E-state index in [9.17, 15) is 5.11 Å². The summed E-state index contributed by atoms with van der Waals surface area (Å²) in [5.74, 6) is 1.84. The number of aromatic nitrogens is 6. The van der Waals surface area contributed by atoms with E-state index in [1.807, 2.05) is 31.3 Å². The van der Waals surface area contributed by atoms with Crippen LogP contribution in [0.1, 0.15) is 28.4 Å². The van der Waals surface area contributed by atoms with Gasteiger partial charge in [-0.3, -0.25) is 0 Å². The summed E-state index contributed by atoms with van der Waals surface area (Å²) in [6.07, 6.45) is 7.03. The molecule has 3 aromatic heterocycles. The molecule has 8 nitrogen and oxygen atoms in total. The number of hydrogen-bond donors (Lipinski definition) is 2. The van der Waals surface area contributed by atoms with Gasteiger partial charge in [0.1, 0.15) is 17.9 Å². The topological polar surface area (TPSA) is 95.8 Å². The molecular formula is C20H19N7O. The van der Waals surface area contributed by atoms with Gasteiger partial charge in [-0.25, -0.2) is 19.6 Å². The van der Waals surface area contributed by atoms with Gasteiger partial charge in [0.15, 0.2) is 5.82 Å². The predicted octanol–water partition coefficient (Wildman–Crippen LogP) is 2.55. The normalized spacial score (nSPS) is 16.2. The van der Waals surface area contributed by atoms with Crippen LogP contribution in [0.15, 0.2) is 55.4 Å². The van der Waals surface area contributed by atoms with Gasteiger partial charge in [0.2, 0.25) is 0 Å². The lowest BCUT2D eigenvalue weighted by molar-refractivity contribution is 0.473. The number of aryl methyl sites for hydroxylation is 1. The van der Waals surface area contributed by atoms with E-state index in [0.717, 1.165) is 34.2 Å². The first kappa shape index (κ1) is 16.5. The standard InChI is InChI=1S/C20H19N7O/c1-13-7-25-27(8-13)19-6-18(22-12-23-19)26-9-16(14-3-2-4-15(28)5-14)20-17(10-26)21-11-24-20/h2-8,11-12,16,28H,9-10H2,1H3,(H,21,24). The van der Waals surface area contributed by atoms with Crippen molar-refractivity contribution in [1.82, 2.24) is 29.7 Å². The molecule has 1 unspecified atom stereocenters. The third-order valence-corrected chi connectivity index (χ3v) is 5.01. The first-order valence-corrected chi connectivity index (χ1v) is 9.07. The minimum absolute atomic E-state index is 0.0347. The second kappa shape index (κ2) is 6.49. The molecule has 4 aromatic rings. The zero-order chi connectivity index (χ0) is 19.1. The molecule has 1 aliphatic rings. The van der Waals surface area contributed by atoms with Gasteiger partial charge < -0.3 is 15.0 Å². The smallest absolute Gasteiger partial charge is 0.158 e. The first-order chi connectivity index (χ1) is 13.7. The molecule has 28 heavy (non-hydrogen) atoms. The lowest BCUT2D eigenvalue weighted by Crippen LogP contribution is -2.35. The zero-order valence-corrected chi connectivity index (χ0v) is 15.3. The Kier molecular flexibility index (Phi) is 3.82. The van der Waals surface area contributed by atoms with Crippen molar-refractivity contribution in [2.75, 3.05) is 11.4 Å². The van der Waals surface area contributed by atoms with Crippen LogP contribution >= 0.6 is 0 Å². The molecule has 0 saturated heterocycles. The second-order valence-corrected chi connectivity index (χ2v) is 6.99. The fourth-order valence-electron chi connectivity index (χ4n) is 3.67. The summed E-state index contributed by atoms with van der Waals surface area (Å²) in [6.45, 7) is 3.38. The highest BCUT2D eigenvalue weighted by molar-refractivity contribution is 5.49. The molecule has 1 aromatic carbocycles. The van der Waals surface area contributed by atoms with E-state index in [1.165, 1.54) is 0 Å². The number of benzene rings is 1. The molecule has 0 spiro atoms. The Bertz CT molecular complexity index is 1130. The molecular weight excluding hydrogens is 354 g/mol. The number of rotatable bonds is 3. The third-order valence-electron chi connectivity index (χ3n) is 5.01. The highest BCUT2D eigenvalue weighted by Crippen LogP contribution is 2.34. The van der Waals surface area contributed by atoms with Crippen LogP contribution in [-0.4, -0.2) is 41.4 Å². The van der Waals surface area contributed by atoms with Crippen LogP contribution in [-0.2, 0) is 6.54 Å². The summed E-state index contributed by atoms with van der Waals surface area (Å²) in [4.78, 5) is 18.8. The van der Waals surface area contributed by atoms with Gasteiger partial charge in [-0.15, -0.1) is 0 Å². The van der Waals surface area contributed by atoms with Crippen molar-refractivity contribution in [1.29, 1.82) is 0 Å². The molecule has 0 saturated carbocycles. The maximum atomic E-state index is 9.92. The number of nitrogens with one attached hydrogen (secondary N) is 1. The summed E-state index contributed by atoms with van der Waals surface area (Å²) in [5.41, 5.74) is 4.16. The van der Waals surface area contributed by atoms with Crippen molar-refractivity contribution in [2.24, 2.45) is 0 Å². The van der Waals surface area contributed by atoms with Crippen molar-refractivity contribution in [3.05, 3.63) is 77.9 Å². The fraction of sp³-hybridized carbons (Fsp3) is 0.200. The number of aromatic hydroxyl groups is 1. The van der Waals surface area contributed by atoms with Gasteiger partial charge in [0.25, 0.3) is 0 Å². The molecule has 5 rings (SSSR count). The number of aromatic amines is 1. The van der Waals surface area contributed by atoms with E-state index in [0.29, 0.717) is 13.1 Å². The molecule has 0 amide bonds. The SMILES string of the molecule is Cc1cnn(-c2cc(N3Cc4[nH]cnc4C(c4cccc(O)c4)C3)ncn2)c1. The van der Waals surface area contributed by atoms with Gasteiger partial charge in [0.05, 0.1) is 30.5 Å². The number of anilines is 1. The van der Waals surface area contributed by atoms with Gasteiger partial charge in [-0.2, -0.15) is 5.10 Å². The van der Waals surface area contributed by atoms with Crippen molar-refractivity contribution in [3.8, 4) is 11.6 Å². The lowest BCUT2D eigenvalue weighted by Gasteiger charge is -2.33. The number of phenols is 1. The highest BCUT2D eigenvalue weighted by Gasteiger charge is 2.30. The number of imidazole rings is 1. The lowest BCUT2D eigenvalue weighted by atomic mass is 9.91. The minimum atomic E-state index is 0.0347. The molecule has 0 bridgehead atoms. The van der Waals surface area contributed by atoms with Crippen molar-refractivity contribution >= 4 is 5.82 Å². The van der Waals surface area contributed by atoms with E-state index < -0.39 is 0 Å². The van der Waals surface area contributed by atoms with Gasteiger partial charge >= 0.3 is 0 Å². The molecule has 0 radical (unpaired) electrons. The van der Waals surface area contributed by atoms with Gasteiger partial charge in [0, 0.05) is 24.7 Å². The summed E-state index contributed by atoms with van der Waals surface area (Å²) in [7, 11) is 0. The molecule has 140 valence electrons. The Morgan fingerprint density at radius 2 is 2.04 bits per heavy atom. The Labute approximate surface area is 161 Å². The minimum Gasteiger partial charge on any atom is -0.508 e. The Balaban J connectivity index is 1.52. The maximum absolute atomic E-state index is 9.92. The van der Waals surface area contributed by atoms with E-state index in [4.69, 9.17) is 0 Å². The van der Waals surface area contributed by atoms with Crippen molar-refractivity contribution in [2.45, 2.75) is 19.4 Å². The average Bonchev–Trinajstić information content (AvgIpc) is 3.36. The van der Waals surface area contributed by atoms with Crippen LogP contribution in [0.25, 0.3) is 5.82 Å². The number of H-pyrrole nitrogens is 1. The fourth-order valence-corrected chi connectivity index (χ4v) is 3.67. The predicted molar refractivity (Wildman–Crippen MR) is 103 cm³/mol. The number of hydrogen-bond acceptors (Lipinski definition) is 6. The van der Waals surface area contributed by atoms with Crippen molar-refractivity contribution < 1.29 is 5.11 Å². The molecule has 0 aliphatic carbocycles. The molecule has 1 aliphatic heterocycles. The number of fused-ring (bicyclic) bond motifs is 1. The highest BCUT2D eigenvalue weighted by atomic mass is 16.3. The summed E-state index contributed by atoms with van der Waals surface area (Å²) in [5, 5.41) is 14.3. The Hall–Kier alpha value is -3.68. The summed E-state index contributed by atoms with van der Waals surface area (Å²) < 4.78 is 1.75. The Morgan fingerprint density at radius 3 is 2.86 bits per heavy atom. The summed E-state index contributed by atoms with van der Waals surface area (Å²) >= 11 is 0. The van der Waals surface area contributed by atoms with Crippen LogP contribution in [0.5, 0.6) is 5.75 Å². The van der Waals surface area contributed by atoms with Crippen LogP contribution < -0.4 is 4.90 Å². The van der Waals surface area contributed by atoms with Crippen LogP contribution in [0.3, 0.4) is 0 Å². The van der Waals surface area contributed by atoms with Crippen LogP contribution in [0, 0.1) is 6.92 Å². The second-order valence-electron chi connectivity index (χ2n) is 6.99. The van der Waals surface area contributed by atoms with E-state index in [1.54, 1.807) is 35.7 Å². The van der Waals surface area contributed by atoms with E-state index in [2.05, 4.69) is 29.9 Å². The third kappa shape index (κ3) is 2.88. The van der Waals surface area contributed by atoms with Crippen molar-refractivity contribution in [3.63, 3.8) is 0 Å². The quantitative estimate of drug-likeness (QED) is 0.573. The monoisotopic (exact) mass is 373 g/mol. The van der Waals surface area contributed by atoms with E-state index >= 15 is 0 Å². The van der Waals surface area contributed by atoms with E-state index in [-0.39, 0.29) is 11.7 Å². The zero-order valence-electron chi connectivity index (χ0n) is 15.3. The van der Waals surface area contributed by atoms with Crippen LogP contribution in [0.4, 0.5) is 5.82 Å². The largest absolute Gasteiger partial charge is 0.508 e.